The second-order valence-electron chi connectivity index (χ2n) is 7.87. The van der Waals surface area contributed by atoms with Crippen LogP contribution in [-0.4, -0.2) is 25.8 Å². The van der Waals surface area contributed by atoms with E-state index in [1.54, 1.807) is 0 Å². The van der Waals surface area contributed by atoms with Crippen molar-refractivity contribution in [3.8, 4) is 0 Å². The summed E-state index contributed by atoms with van der Waals surface area (Å²) in [6.07, 6.45) is 8.59. The molecule has 0 aromatic heterocycles. The van der Waals surface area contributed by atoms with Crippen LogP contribution in [0.2, 0.25) is 0 Å². The van der Waals surface area contributed by atoms with E-state index < -0.39 is 11.4 Å². The molecule has 3 nitrogen and oxygen atoms in total. The van der Waals surface area contributed by atoms with Crippen molar-refractivity contribution in [3.63, 3.8) is 0 Å². The lowest BCUT2D eigenvalue weighted by Gasteiger charge is -2.40. The van der Waals surface area contributed by atoms with Crippen molar-refractivity contribution in [2.75, 3.05) is 0 Å². The first kappa shape index (κ1) is 17.8. The molecule has 2 aliphatic rings. The van der Waals surface area contributed by atoms with Crippen LogP contribution in [0.5, 0.6) is 0 Å². The third-order valence-electron chi connectivity index (χ3n) is 4.70. The molecule has 1 aromatic carbocycles. The minimum absolute atomic E-state index is 0.150. The first-order valence-electron chi connectivity index (χ1n) is 9.00. The molecule has 0 bridgehead atoms. The Morgan fingerprint density at radius 3 is 2.46 bits per heavy atom. The summed E-state index contributed by atoms with van der Waals surface area (Å²) in [4.78, 5) is 0. The van der Waals surface area contributed by atoms with E-state index in [0.29, 0.717) is 5.92 Å². The summed E-state index contributed by atoms with van der Waals surface area (Å²) >= 11 is -1.06. The van der Waals surface area contributed by atoms with Gasteiger partial charge in [-0.25, -0.2) is 0 Å². The zero-order valence-corrected chi connectivity index (χ0v) is 15.8. The van der Waals surface area contributed by atoms with Crippen molar-refractivity contribution < 1.29 is 9.29 Å². The molecule has 1 fully saturated rings. The van der Waals surface area contributed by atoms with E-state index in [0.717, 1.165) is 19.4 Å². The Kier molecular flexibility index (Phi) is 5.58. The Bertz CT molecular complexity index is 551. The Balaban J connectivity index is 1.87. The van der Waals surface area contributed by atoms with Gasteiger partial charge in [-0.3, -0.25) is 0 Å². The smallest absolute Gasteiger partial charge is 0.137 e. The molecule has 0 spiro atoms. The number of nitrogens with zero attached hydrogens (tertiary/aromatic N) is 1. The lowest BCUT2D eigenvalue weighted by molar-refractivity contribution is 0.0437. The minimum atomic E-state index is -1.06. The Hall–Kier alpha value is -0.970. The van der Waals surface area contributed by atoms with Crippen molar-refractivity contribution in [1.29, 1.82) is 0 Å². The molecule has 1 saturated carbocycles. The van der Waals surface area contributed by atoms with Gasteiger partial charge in [-0.2, -0.15) is 0 Å². The first-order chi connectivity index (χ1) is 11.5. The normalized spacial score (nSPS) is 23.8. The molecular weight excluding hydrogens is 318 g/mol. The summed E-state index contributed by atoms with van der Waals surface area (Å²) in [5.74, 6) is 0.608. The van der Waals surface area contributed by atoms with Crippen molar-refractivity contribution in [1.82, 2.24) is 4.31 Å². The molecule has 3 unspecified atom stereocenters. The van der Waals surface area contributed by atoms with E-state index in [1.807, 2.05) is 12.3 Å². The van der Waals surface area contributed by atoms with Crippen LogP contribution in [0.4, 0.5) is 0 Å². The number of hydrogen-bond donors (Lipinski definition) is 0. The molecule has 0 saturated heterocycles. The van der Waals surface area contributed by atoms with Gasteiger partial charge in [0.2, 0.25) is 0 Å². The van der Waals surface area contributed by atoms with E-state index in [4.69, 9.17) is 4.74 Å². The van der Waals surface area contributed by atoms with Crippen LogP contribution in [0.3, 0.4) is 0 Å². The van der Waals surface area contributed by atoms with Crippen LogP contribution < -0.4 is 0 Å². The molecule has 132 valence electrons. The highest BCUT2D eigenvalue weighted by atomic mass is 32.2. The maximum Gasteiger partial charge on any atom is 0.137 e. The van der Waals surface area contributed by atoms with Crippen molar-refractivity contribution >= 4 is 11.4 Å². The lowest BCUT2D eigenvalue weighted by Crippen LogP contribution is -2.53. The lowest BCUT2D eigenvalue weighted by atomic mass is 9.99. The van der Waals surface area contributed by atoms with Gasteiger partial charge in [0.1, 0.15) is 10.9 Å². The van der Waals surface area contributed by atoms with Crippen LogP contribution in [0.1, 0.15) is 52.0 Å². The van der Waals surface area contributed by atoms with Gasteiger partial charge < -0.3 is 9.29 Å². The third kappa shape index (κ3) is 4.35. The van der Waals surface area contributed by atoms with Crippen LogP contribution in [0.25, 0.3) is 0 Å². The Labute approximate surface area is 149 Å². The number of ether oxygens (including phenoxy) is 1. The van der Waals surface area contributed by atoms with E-state index in [1.165, 1.54) is 18.4 Å². The zero-order chi connectivity index (χ0) is 17.2. The fraction of sp³-hybridized carbons (Fsp3) is 0.600. The second kappa shape index (κ2) is 7.51. The average molecular weight is 348 g/mol. The highest BCUT2D eigenvalue weighted by molar-refractivity contribution is 7.90. The van der Waals surface area contributed by atoms with E-state index >= 15 is 0 Å². The molecule has 1 aliphatic heterocycles. The maximum absolute atomic E-state index is 13.3. The zero-order valence-electron chi connectivity index (χ0n) is 15.0. The molecule has 24 heavy (non-hydrogen) atoms. The Morgan fingerprint density at radius 2 is 1.92 bits per heavy atom. The standard InChI is InChI=1S/C20H29NO2S/c1-20(2,3)24(22)21(15-16-9-5-4-6-10-16)19(17-12-13-17)18-11-7-8-14-23-18/h4-6,8-10,14,17-19H,7,11-13,15H2,1-3H3. The molecule has 1 heterocycles. The van der Waals surface area contributed by atoms with Gasteiger partial charge in [0.05, 0.1) is 18.8 Å². The van der Waals surface area contributed by atoms with Gasteiger partial charge in [-0.15, -0.1) is 4.31 Å². The average Bonchev–Trinajstić information content (AvgIpc) is 3.39. The summed E-state index contributed by atoms with van der Waals surface area (Å²) in [6, 6.07) is 10.6. The van der Waals surface area contributed by atoms with Gasteiger partial charge in [0.15, 0.2) is 0 Å². The molecule has 0 N–H and O–H groups in total. The van der Waals surface area contributed by atoms with E-state index in [2.05, 4.69) is 55.4 Å². The number of allylic oxidation sites excluding steroid dienone is 1. The van der Waals surface area contributed by atoms with E-state index in [-0.39, 0.29) is 16.9 Å². The molecule has 1 aliphatic carbocycles. The highest BCUT2D eigenvalue weighted by Gasteiger charge is 2.48. The van der Waals surface area contributed by atoms with Gasteiger partial charge in [-0.1, -0.05) is 30.3 Å². The van der Waals surface area contributed by atoms with E-state index in [9.17, 15) is 4.55 Å². The molecule has 0 radical (unpaired) electrons. The molecule has 0 amide bonds. The number of rotatable bonds is 6. The largest absolute Gasteiger partial charge is 0.597 e. The Morgan fingerprint density at radius 1 is 1.21 bits per heavy atom. The summed E-state index contributed by atoms with van der Waals surface area (Å²) in [6.45, 7) is 6.90. The van der Waals surface area contributed by atoms with Crippen molar-refractivity contribution in [2.45, 2.75) is 69.9 Å². The fourth-order valence-corrected chi connectivity index (χ4v) is 4.85. The first-order valence-corrected chi connectivity index (χ1v) is 10.1. The minimum Gasteiger partial charge on any atom is -0.597 e. The van der Waals surface area contributed by atoms with Crippen molar-refractivity contribution in [3.05, 3.63) is 48.2 Å². The van der Waals surface area contributed by atoms with Gasteiger partial charge in [0.25, 0.3) is 0 Å². The molecule has 3 rings (SSSR count). The van der Waals surface area contributed by atoms with Crippen LogP contribution in [0.15, 0.2) is 42.7 Å². The second-order valence-corrected chi connectivity index (χ2v) is 10.1. The fourth-order valence-electron chi connectivity index (χ4n) is 3.36. The molecule has 1 aromatic rings. The molecular formula is C20H29NO2S. The summed E-state index contributed by atoms with van der Waals surface area (Å²) < 4.78 is 21.3. The topological polar surface area (TPSA) is 35.5 Å². The highest BCUT2D eigenvalue weighted by Crippen LogP contribution is 2.42. The molecule has 4 heteroatoms. The number of benzene rings is 1. The quantitative estimate of drug-likeness (QED) is 0.715. The number of hydrogen-bond acceptors (Lipinski definition) is 3. The third-order valence-corrected chi connectivity index (χ3v) is 6.55. The van der Waals surface area contributed by atoms with Crippen LogP contribution >= 0.6 is 0 Å². The van der Waals surface area contributed by atoms with Gasteiger partial charge >= 0.3 is 0 Å². The summed E-state index contributed by atoms with van der Waals surface area (Å²) in [7, 11) is 0. The predicted molar refractivity (Wildman–Crippen MR) is 99.6 cm³/mol. The molecule has 3 atom stereocenters. The van der Waals surface area contributed by atoms with Crippen LogP contribution in [0, 0.1) is 5.92 Å². The van der Waals surface area contributed by atoms with Crippen LogP contribution in [-0.2, 0) is 22.6 Å². The SMILES string of the molecule is CC(C)(C)[S+]([O-])N(Cc1ccccc1)C(C1CC1)C1CCC=CO1. The van der Waals surface area contributed by atoms with Gasteiger partial charge in [-0.05, 0) is 64.0 Å². The van der Waals surface area contributed by atoms with Gasteiger partial charge in [0, 0.05) is 11.4 Å². The van der Waals surface area contributed by atoms with Crippen molar-refractivity contribution in [2.24, 2.45) is 5.92 Å². The maximum atomic E-state index is 13.3. The summed E-state index contributed by atoms with van der Waals surface area (Å²) in [5, 5.41) is 0. The predicted octanol–water partition coefficient (Wildman–Crippen LogP) is 4.42. The summed E-state index contributed by atoms with van der Waals surface area (Å²) in [5.41, 5.74) is 1.21. The monoisotopic (exact) mass is 347 g/mol.